The molecule has 1 aromatic carbocycles. The van der Waals surface area contributed by atoms with E-state index in [0.29, 0.717) is 10.9 Å². The van der Waals surface area contributed by atoms with Crippen molar-refractivity contribution in [1.82, 2.24) is 9.97 Å². The SMILES string of the molecule is C[C@H](Oc1ccccc1)C(=O)Nc1nc(-c2ccccn2)cs1. The second-order valence-corrected chi connectivity index (χ2v) is 5.67. The number of thiazole rings is 1. The van der Waals surface area contributed by atoms with Crippen LogP contribution in [-0.4, -0.2) is 22.0 Å². The lowest BCUT2D eigenvalue weighted by molar-refractivity contribution is -0.122. The van der Waals surface area contributed by atoms with E-state index in [1.54, 1.807) is 13.1 Å². The fraction of sp³-hybridized carbons (Fsp3) is 0.118. The zero-order chi connectivity index (χ0) is 16.1. The number of aromatic nitrogens is 2. The molecule has 6 heteroatoms. The van der Waals surface area contributed by atoms with E-state index in [0.717, 1.165) is 11.4 Å². The van der Waals surface area contributed by atoms with Gasteiger partial charge in [0.2, 0.25) is 0 Å². The molecule has 0 aliphatic carbocycles. The molecule has 3 rings (SSSR count). The average Bonchev–Trinajstić information content (AvgIpc) is 3.05. The van der Waals surface area contributed by atoms with Gasteiger partial charge in [0, 0.05) is 11.6 Å². The Morgan fingerprint density at radius 1 is 1.13 bits per heavy atom. The van der Waals surface area contributed by atoms with Gasteiger partial charge >= 0.3 is 0 Å². The Kier molecular flexibility index (Phi) is 4.63. The van der Waals surface area contributed by atoms with Gasteiger partial charge in [0.05, 0.1) is 5.69 Å². The summed E-state index contributed by atoms with van der Waals surface area (Å²) in [5.41, 5.74) is 1.51. The number of amides is 1. The second kappa shape index (κ2) is 7.02. The van der Waals surface area contributed by atoms with Crippen LogP contribution in [-0.2, 0) is 4.79 Å². The largest absolute Gasteiger partial charge is 0.481 e. The molecule has 116 valence electrons. The molecule has 0 saturated carbocycles. The Hall–Kier alpha value is -2.73. The zero-order valence-corrected chi connectivity index (χ0v) is 13.3. The van der Waals surface area contributed by atoms with E-state index in [9.17, 15) is 4.79 Å². The second-order valence-electron chi connectivity index (χ2n) is 4.82. The maximum Gasteiger partial charge on any atom is 0.266 e. The van der Waals surface area contributed by atoms with Gasteiger partial charge in [-0.25, -0.2) is 4.98 Å². The highest BCUT2D eigenvalue weighted by Gasteiger charge is 2.16. The van der Waals surface area contributed by atoms with Gasteiger partial charge < -0.3 is 4.74 Å². The molecule has 2 aromatic heterocycles. The number of rotatable bonds is 5. The van der Waals surface area contributed by atoms with Crippen molar-refractivity contribution in [2.24, 2.45) is 0 Å². The molecule has 2 heterocycles. The fourth-order valence-corrected chi connectivity index (χ4v) is 2.63. The molecular weight excluding hydrogens is 310 g/mol. The monoisotopic (exact) mass is 325 g/mol. The number of ether oxygens (including phenoxy) is 1. The minimum Gasteiger partial charge on any atom is -0.481 e. The summed E-state index contributed by atoms with van der Waals surface area (Å²) in [5.74, 6) is 0.416. The maximum atomic E-state index is 12.2. The number of para-hydroxylation sites is 1. The highest BCUT2D eigenvalue weighted by molar-refractivity contribution is 7.14. The van der Waals surface area contributed by atoms with Crippen molar-refractivity contribution in [3.8, 4) is 17.1 Å². The van der Waals surface area contributed by atoms with Crippen LogP contribution in [0.25, 0.3) is 11.4 Å². The number of nitrogens with zero attached hydrogens (tertiary/aromatic N) is 2. The molecule has 0 aliphatic rings. The van der Waals surface area contributed by atoms with Crippen molar-refractivity contribution in [3.63, 3.8) is 0 Å². The lowest BCUT2D eigenvalue weighted by Crippen LogP contribution is -2.30. The van der Waals surface area contributed by atoms with Gasteiger partial charge in [0.15, 0.2) is 11.2 Å². The Bertz CT molecular complexity index is 775. The molecule has 3 aromatic rings. The number of pyridine rings is 1. The Morgan fingerprint density at radius 3 is 2.65 bits per heavy atom. The summed E-state index contributed by atoms with van der Waals surface area (Å²) < 4.78 is 5.59. The first kappa shape index (κ1) is 15.2. The van der Waals surface area contributed by atoms with E-state index >= 15 is 0 Å². The molecule has 0 radical (unpaired) electrons. The van der Waals surface area contributed by atoms with E-state index in [1.165, 1.54) is 11.3 Å². The highest BCUT2D eigenvalue weighted by atomic mass is 32.1. The third-order valence-corrected chi connectivity index (χ3v) is 3.84. The van der Waals surface area contributed by atoms with Gasteiger partial charge in [-0.2, -0.15) is 0 Å². The van der Waals surface area contributed by atoms with Gasteiger partial charge in [-0.05, 0) is 31.2 Å². The Balaban J connectivity index is 1.63. The van der Waals surface area contributed by atoms with Gasteiger partial charge in [-0.1, -0.05) is 24.3 Å². The maximum absolute atomic E-state index is 12.2. The van der Waals surface area contributed by atoms with Crippen LogP contribution in [0.15, 0.2) is 60.1 Å². The molecule has 1 amide bonds. The number of carbonyl (C=O) groups is 1. The Morgan fingerprint density at radius 2 is 1.91 bits per heavy atom. The van der Waals surface area contributed by atoms with Crippen LogP contribution in [0.3, 0.4) is 0 Å². The fourth-order valence-electron chi connectivity index (χ4n) is 1.93. The minimum atomic E-state index is -0.611. The van der Waals surface area contributed by atoms with Gasteiger partial charge in [-0.3, -0.25) is 15.1 Å². The van der Waals surface area contributed by atoms with Crippen LogP contribution in [0.5, 0.6) is 5.75 Å². The molecule has 0 bridgehead atoms. The van der Waals surface area contributed by atoms with Crippen molar-refractivity contribution in [2.45, 2.75) is 13.0 Å². The molecular formula is C17H15N3O2S. The lowest BCUT2D eigenvalue weighted by atomic mass is 10.3. The summed E-state index contributed by atoms with van der Waals surface area (Å²) in [6.07, 6.45) is 1.10. The number of carbonyl (C=O) groups excluding carboxylic acids is 1. The predicted molar refractivity (Wildman–Crippen MR) is 90.5 cm³/mol. The van der Waals surface area contributed by atoms with Gasteiger partial charge in [0.25, 0.3) is 5.91 Å². The molecule has 5 nitrogen and oxygen atoms in total. The standard InChI is InChI=1S/C17H15N3O2S/c1-12(22-13-7-3-2-4-8-13)16(21)20-17-19-15(11-23-17)14-9-5-6-10-18-14/h2-12H,1H3,(H,19,20,21)/t12-/m0/s1. The van der Waals surface area contributed by atoms with E-state index in [2.05, 4.69) is 15.3 Å². The normalized spacial score (nSPS) is 11.7. The third kappa shape index (κ3) is 3.92. The zero-order valence-electron chi connectivity index (χ0n) is 12.5. The smallest absolute Gasteiger partial charge is 0.266 e. The number of nitrogens with one attached hydrogen (secondary N) is 1. The number of hydrogen-bond acceptors (Lipinski definition) is 5. The molecule has 0 spiro atoms. The van der Waals surface area contributed by atoms with Crippen LogP contribution in [0, 0.1) is 0 Å². The van der Waals surface area contributed by atoms with Crippen molar-refractivity contribution in [2.75, 3.05) is 5.32 Å². The first-order valence-electron chi connectivity index (χ1n) is 7.12. The molecule has 0 aliphatic heterocycles. The van der Waals surface area contributed by atoms with E-state index in [4.69, 9.17) is 4.74 Å². The number of anilines is 1. The van der Waals surface area contributed by atoms with Crippen LogP contribution in [0.4, 0.5) is 5.13 Å². The molecule has 1 atom stereocenters. The first-order chi connectivity index (χ1) is 11.2. The van der Waals surface area contributed by atoms with E-state index < -0.39 is 6.10 Å². The van der Waals surface area contributed by atoms with Crippen LogP contribution >= 0.6 is 11.3 Å². The van der Waals surface area contributed by atoms with Crippen molar-refractivity contribution < 1.29 is 9.53 Å². The predicted octanol–water partition coefficient (Wildman–Crippen LogP) is 3.61. The van der Waals surface area contributed by atoms with Crippen LogP contribution < -0.4 is 10.1 Å². The van der Waals surface area contributed by atoms with Crippen LogP contribution in [0.1, 0.15) is 6.92 Å². The molecule has 0 unspecified atom stereocenters. The van der Waals surface area contributed by atoms with E-state index in [-0.39, 0.29) is 5.91 Å². The topological polar surface area (TPSA) is 64.1 Å². The summed E-state index contributed by atoms with van der Waals surface area (Å²) in [7, 11) is 0. The highest BCUT2D eigenvalue weighted by Crippen LogP contribution is 2.23. The molecule has 23 heavy (non-hydrogen) atoms. The third-order valence-electron chi connectivity index (χ3n) is 3.09. The van der Waals surface area contributed by atoms with Crippen molar-refractivity contribution in [3.05, 3.63) is 60.1 Å². The summed E-state index contributed by atoms with van der Waals surface area (Å²) in [4.78, 5) is 20.8. The van der Waals surface area contributed by atoms with E-state index in [1.807, 2.05) is 53.9 Å². The lowest BCUT2D eigenvalue weighted by Gasteiger charge is -2.13. The molecule has 0 fully saturated rings. The van der Waals surface area contributed by atoms with Gasteiger partial charge in [-0.15, -0.1) is 11.3 Å². The van der Waals surface area contributed by atoms with Gasteiger partial charge in [0.1, 0.15) is 11.4 Å². The Labute approximate surface area is 138 Å². The summed E-state index contributed by atoms with van der Waals surface area (Å²) in [6.45, 7) is 1.70. The quantitative estimate of drug-likeness (QED) is 0.778. The van der Waals surface area contributed by atoms with Crippen molar-refractivity contribution in [1.29, 1.82) is 0 Å². The number of benzene rings is 1. The average molecular weight is 325 g/mol. The molecule has 1 N–H and O–H groups in total. The van der Waals surface area contributed by atoms with Crippen LogP contribution in [0.2, 0.25) is 0 Å². The summed E-state index contributed by atoms with van der Waals surface area (Å²) in [6, 6.07) is 14.9. The summed E-state index contributed by atoms with van der Waals surface area (Å²) >= 11 is 1.36. The minimum absolute atomic E-state index is 0.240. The number of hydrogen-bond donors (Lipinski definition) is 1. The summed E-state index contributed by atoms with van der Waals surface area (Å²) in [5, 5.41) is 5.16. The molecule has 0 saturated heterocycles. The first-order valence-corrected chi connectivity index (χ1v) is 8.00. The van der Waals surface area contributed by atoms with Crippen molar-refractivity contribution >= 4 is 22.4 Å².